The van der Waals surface area contributed by atoms with Crippen LogP contribution in [0, 0.1) is 11.3 Å². The Labute approximate surface area is 75.0 Å². The van der Waals surface area contributed by atoms with E-state index in [-0.39, 0.29) is 5.41 Å². The molecule has 0 saturated carbocycles. The van der Waals surface area contributed by atoms with Gasteiger partial charge < -0.3 is 0 Å². The predicted molar refractivity (Wildman–Crippen MR) is 53.0 cm³/mol. The van der Waals surface area contributed by atoms with Crippen LogP contribution in [0.2, 0.25) is 0 Å². The van der Waals surface area contributed by atoms with Crippen LogP contribution in [0.25, 0.3) is 0 Å². The summed E-state index contributed by atoms with van der Waals surface area (Å²) in [6.45, 7) is 8.87. The van der Waals surface area contributed by atoms with E-state index in [4.69, 9.17) is 0 Å². The Hall–Kier alpha value is -0.790. The Morgan fingerprint density at radius 3 is 2.50 bits per heavy atom. The first-order chi connectivity index (χ1) is 5.47. The van der Waals surface area contributed by atoms with Crippen molar-refractivity contribution in [1.82, 2.24) is 5.01 Å². The van der Waals surface area contributed by atoms with Crippen molar-refractivity contribution in [2.45, 2.75) is 27.7 Å². The highest BCUT2D eigenvalue weighted by atomic mass is 15.4. The summed E-state index contributed by atoms with van der Waals surface area (Å²) in [5.41, 5.74) is 1.53. The van der Waals surface area contributed by atoms with E-state index in [9.17, 15) is 0 Å². The largest absolute Gasteiger partial charge is 0.276 e. The van der Waals surface area contributed by atoms with Gasteiger partial charge in [-0.15, -0.1) is 0 Å². The van der Waals surface area contributed by atoms with Gasteiger partial charge in [-0.25, -0.2) is 0 Å². The Kier molecular flexibility index (Phi) is 2.27. The molecule has 0 bridgehead atoms. The first-order valence-corrected chi connectivity index (χ1v) is 4.43. The lowest BCUT2D eigenvalue weighted by Gasteiger charge is -2.34. The van der Waals surface area contributed by atoms with E-state index >= 15 is 0 Å². The average molecular weight is 166 g/mol. The number of hydrazone groups is 1. The Balaban J connectivity index is 2.94. The molecule has 1 heterocycles. The SMILES string of the molecule is CC1=CN(C)N=CC1(C)C(C)C. The molecule has 1 atom stereocenters. The fourth-order valence-corrected chi connectivity index (χ4v) is 1.37. The molecule has 0 N–H and O–H groups in total. The van der Waals surface area contributed by atoms with Gasteiger partial charge in [0.25, 0.3) is 0 Å². The second-order valence-electron chi connectivity index (χ2n) is 4.07. The molecule has 1 rings (SSSR count). The summed E-state index contributed by atoms with van der Waals surface area (Å²) in [5.74, 6) is 0.603. The topological polar surface area (TPSA) is 15.6 Å². The molecular weight excluding hydrogens is 148 g/mol. The summed E-state index contributed by atoms with van der Waals surface area (Å²) in [6.07, 6.45) is 4.15. The van der Waals surface area contributed by atoms with Gasteiger partial charge in [0.05, 0.1) is 0 Å². The highest BCUT2D eigenvalue weighted by molar-refractivity contribution is 5.71. The standard InChI is InChI=1S/C10H18N2/c1-8(2)10(4)7-11-12(5)6-9(10)3/h6-8H,1-5H3. The number of hydrogen-bond donors (Lipinski definition) is 0. The zero-order valence-corrected chi connectivity index (χ0v) is 8.63. The third-order valence-corrected chi connectivity index (χ3v) is 2.94. The smallest absolute Gasteiger partial charge is 0.0351 e. The van der Waals surface area contributed by atoms with Gasteiger partial charge in [0.1, 0.15) is 0 Å². The highest BCUT2D eigenvalue weighted by Gasteiger charge is 2.30. The third kappa shape index (κ3) is 1.38. The van der Waals surface area contributed by atoms with E-state index in [1.807, 2.05) is 18.3 Å². The number of hydrogen-bond acceptors (Lipinski definition) is 2. The molecule has 0 radical (unpaired) electrons. The van der Waals surface area contributed by atoms with Crippen molar-refractivity contribution < 1.29 is 0 Å². The molecule has 0 spiro atoms. The van der Waals surface area contributed by atoms with Gasteiger partial charge in [-0.05, 0) is 18.4 Å². The molecule has 0 aromatic carbocycles. The van der Waals surface area contributed by atoms with Gasteiger partial charge in [0.15, 0.2) is 0 Å². The fraction of sp³-hybridized carbons (Fsp3) is 0.700. The Morgan fingerprint density at radius 2 is 2.08 bits per heavy atom. The lowest BCUT2D eigenvalue weighted by molar-refractivity contribution is 0.355. The molecule has 2 nitrogen and oxygen atoms in total. The molecule has 1 unspecified atom stereocenters. The summed E-state index contributed by atoms with van der Waals surface area (Å²) < 4.78 is 0. The molecule has 0 aromatic heterocycles. The van der Waals surface area contributed by atoms with Crippen LogP contribution in [-0.4, -0.2) is 18.3 Å². The summed E-state index contributed by atoms with van der Waals surface area (Å²) in [6, 6.07) is 0. The Bertz CT molecular complexity index is 228. The minimum absolute atomic E-state index is 0.145. The summed E-state index contributed by atoms with van der Waals surface area (Å²) >= 11 is 0. The van der Waals surface area contributed by atoms with Gasteiger partial charge in [0.2, 0.25) is 0 Å². The maximum absolute atomic E-state index is 4.29. The van der Waals surface area contributed by atoms with Crippen LogP contribution < -0.4 is 0 Å². The van der Waals surface area contributed by atoms with Crippen LogP contribution in [0.3, 0.4) is 0 Å². The molecular formula is C10H18N2. The molecule has 0 amide bonds. The molecule has 0 aromatic rings. The summed E-state index contributed by atoms with van der Waals surface area (Å²) in [7, 11) is 1.96. The van der Waals surface area contributed by atoms with Crippen molar-refractivity contribution in [1.29, 1.82) is 0 Å². The molecule has 2 heteroatoms. The second kappa shape index (κ2) is 2.92. The predicted octanol–water partition coefficient (Wildman–Crippen LogP) is 2.48. The maximum atomic E-state index is 4.29. The number of nitrogens with zero attached hydrogens (tertiary/aromatic N) is 2. The molecule has 0 saturated heterocycles. The zero-order chi connectivity index (χ0) is 9.35. The van der Waals surface area contributed by atoms with Crippen LogP contribution >= 0.6 is 0 Å². The molecule has 1 aliphatic rings. The van der Waals surface area contributed by atoms with E-state index in [1.165, 1.54) is 5.57 Å². The van der Waals surface area contributed by atoms with Crippen LogP contribution in [0.15, 0.2) is 16.9 Å². The van der Waals surface area contributed by atoms with Crippen molar-refractivity contribution in [2.75, 3.05) is 7.05 Å². The van der Waals surface area contributed by atoms with Crippen LogP contribution in [0.4, 0.5) is 0 Å². The van der Waals surface area contributed by atoms with E-state index in [0.717, 1.165) is 0 Å². The summed E-state index contributed by atoms with van der Waals surface area (Å²) in [4.78, 5) is 0. The fourth-order valence-electron chi connectivity index (χ4n) is 1.37. The third-order valence-electron chi connectivity index (χ3n) is 2.94. The average Bonchev–Trinajstić information content (AvgIpc) is 1.97. The zero-order valence-electron chi connectivity index (χ0n) is 8.63. The quantitative estimate of drug-likeness (QED) is 0.584. The van der Waals surface area contributed by atoms with E-state index in [1.54, 1.807) is 0 Å². The molecule has 12 heavy (non-hydrogen) atoms. The van der Waals surface area contributed by atoms with Crippen molar-refractivity contribution in [3.63, 3.8) is 0 Å². The first kappa shape index (κ1) is 9.30. The maximum Gasteiger partial charge on any atom is 0.0351 e. The van der Waals surface area contributed by atoms with Gasteiger partial charge in [-0.3, -0.25) is 5.01 Å². The number of rotatable bonds is 1. The second-order valence-corrected chi connectivity index (χ2v) is 4.07. The first-order valence-electron chi connectivity index (χ1n) is 4.43. The van der Waals surface area contributed by atoms with Gasteiger partial charge in [-0.1, -0.05) is 20.8 Å². The van der Waals surface area contributed by atoms with E-state index < -0.39 is 0 Å². The normalized spacial score (nSPS) is 29.5. The van der Waals surface area contributed by atoms with E-state index in [0.29, 0.717) is 5.92 Å². The monoisotopic (exact) mass is 166 g/mol. The minimum atomic E-state index is 0.145. The lowest BCUT2D eigenvalue weighted by Crippen LogP contribution is -2.31. The van der Waals surface area contributed by atoms with Crippen molar-refractivity contribution in [3.05, 3.63) is 11.8 Å². The molecule has 0 aliphatic carbocycles. The van der Waals surface area contributed by atoms with Crippen LogP contribution in [0.5, 0.6) is 0 Å². The molecule has 0 fully saturated rings. The molecule has 1 aliphatic heterocycles. The molecule has 68 valence electrons. The van der Waals surface area contributed by atoms with Crippen molar-refractivity contribution in [2.24, 2.45) is 16.4 Å². The number of allylic oxidation sites excluding steroid dienone is 1. The Morgan fingerprint density at radius 1 is 1.50 bits per heavy atom. The highest BCUT2D eigenvalue weighted by Crippen LogP contribution is 2.35. The van der Waals surface area contributed by atoms with Crippen molar-refractivity contribution >= 4 is 6.21 Å². The van der Waals surface area contributed by atoms with Crippen LogP contribution in [-0.2, 0) is 0 Å². The van der Waals surface area contributed by atoms with E-state index in [2.05, 4.69) is 39.0 Å². The minimum Gasteiger partial charge on any atom is -0.276 e. The van der Waals surface area contributed by atoms with Gasteiger partial charge >= 0.3 is 0 Å². The van der Waals surface area contributed by atoms with Crippen LogP contribution in [0.1, 0.15) is 27.7 Å². The summed E-state index contributed by atoms with van der Waals surface area (Å²) in [5, 5.41) is 6.15. The lowest BCUT2D eigenvalue weighted by atomic mass is 9.74. The van der Waals surface area contributed by atoms with Gasteiger partial charge in [-0.2, -0.15) is 5.10 Å². The van der Waals surface area contributed by atoms with Gasteiger partial charge in [0, 0.05) is 24.9 Å². The van der Waals surface area contributed by atoms with Crippen molar-refractivity contribution in [3.8, 4) is 0 Å².